The van der Waals surface area contributed by atoms with Crippen molar-refractivity contribution in [3.8, 4) is 0 Å². The number of hydrogen-bond acceptors (Lipinski definition) is 4. The molecule has 0 aliphatic rings. The molecule has 0 unspecified atom stereocenters. The van der Waals surface area contributed by atoms with E-state index in [2.05, 4.69) is 4.98 Å². The number of oxazole rings is 1. The van der Waals surface area contributed by atoms with Crippen LogP contribution in [0.1, 0.15) is 0 Å². The van der Waals surface area contributed by atoms with Gasteiger partial charge in [-0.3, -0.25) is 15.6 Å². The summed E-state index contributed by atoms with van der Waals surface area (Å²) in [6, 6.07) is 7.22. The van der Waals surface area contributed by atoms with Crippen molar-refractivity contribution in [2.75, 3.05) is 0 Å². The first-order valence-electron chi connectivity index (χ1n) is 3.77. The van der Waals surface area contributed by atoms with Crippen molar-refractivity contribution in [1.82, 2.24) is 4.98 Å². The molecule has 0 saturated carbocycles. The van der Waals surface area contributed by atoms with Gasteiger partial charge >= 0.3 is 0 Å². The predicted octanol–water partition coefficient (Wildman–Crippen LogP) is 1.95. The normalized spacial score (nSPS) is 12.1. The molecule has 7 heteroatoms. The quantitative estimate of drug-likeness (QED) is 0.764. The molecule has 74 valence electrons. The number of fused-ring (bicyclic) bond motifs is 1. The maximum atomic E-state index is 11.1. The predicted molar refractivity (Wildman–Crippen MR) is 55.8 cm³/mol. The van der Waals surface area contributed by atoms with E-state index in [9.17, 15) is 4.57 Å². The number of nitrogens with two attached hydrogens (primary N) is 2. The van der Waals surface area contributed by atoms with E-state index in [1.54, 1.807) is 12.1 Å². The monoisotopic (exact) mass is 229 g/mol. The van der Waals surface area contributed by atoms with E-state index in [1.807, 2.05) is 12.1 Å². The third-order valence-electron chi connectivity index (χ3n) is 1.50. The summed E-state index contributed by atoms with van der Waals surface area (Å²) in [6.45, 7) is -3.18. The van der Waals surface area contributed by atoms with Crippen LogP contribution in [0, 0.1) is 0 Å². The van der Waals surface area contributed by atoms with Crippen molar-refractivity contribution in [2.24, 2.45) is 11.0 Å². The first-order chi connectivity index (χ1) is 6.54. The fraction of sp³-hybridized carbons (Fsp3) is 0. The summed E-state index contributed by atoms with van der Waals surface area (Å²) in [5.41, 5.74) is 11.7. The highest BCUT2D eigenvalue weighted by atomic mass is 32.7. The summed E-state index contributed by atoms with van der Waals surface area (Å²) in [6.07, 6.45) is 0. The van der Waals surface area contributed by atoms with Gasteiger partial charge in [0.1, 0.15) is 5.52 Å². The molecule has 5 nitrogen and oxygen atoms in total. The molecule has 1 heterocycles. The lowest BCUT2D eigenvalue weighted by Crippen LogP contribution is -1.99. The van der Waals surface area contributed by atoms with Crippen LogP contribution in [-0.4, -0.2) is 4.98 Å². The lowest BCUT2D eigenvalue weighted by Gasteiger charge is -1.98. The Hall–Kier alpha value is -0.810. The summed E-state index contributed by atoms with van der Waals surface area (Å²) < 4.78 is 16.3. The zero-order chi connectivity index (χ0) is 10.2. The number of hydrogen-bond donors (Lipinski definition) is 2. The van der Waals surface area contributed by atoms with Crippen LogP contribution in [-0.2, 0) is 4.57 Å². The molecule has 0 bridgehead atoms. The topological polar surface area (TPSA) is 95.1 Å². The van der Waals surface area contributed by atoms with E-state index >= 15 is 0 Å². The Labute approximate surface area is 84.1 Å². The third-order valence-corrected chi connectivity index (χ3v) is 3.44. The van der Waals surface area contributed by atoms with E-state index in [0.717, 1.165) is 11.4 Å². The number of aromatic nitrogens is 1. The van der Waals surface area contributed by atoms with Gasteiger partial charge in [0.05, 0.1) is 0 Å². The fourth-order valence-electron chi connectivity index (χ4n) is 1.01. The lowest BCUT2D eigenvalue weighted by molar-refractivity contribution is 0.490. The Kier molecular flexibility index (Phi) is 2.36. The van der Waals surface area contributed by atoms with Crippen molar-refractivity contribution in [1.29, 1.82) is 0 Å². The van der Waals surface area contributed by atoms with Gasteiger partial charge < -0.3 is 4.42 Å². The Morgan fingerprint density at radius 3 is 2.71 bits per heavy atom. The van der Waals surface area contributed by atoms with Gasteiger partial charge in [0.2, 0.25) is 0 Å². The molecule has 4 N–H and O–H groups in total. The third kappa shape index (κ3) is 2.16. The number of rotatable bonds is 2. The first kappa shape index (κ1) is 9.73. The molecule has 2 rings (SSSR count). The standard InChI is InChI=1S/C7H8N3O2PS/c8-13(9,11)14-7-10-5-3-1-2-4-6(5)12-7/h1-4H,(H4,8,9,11). The van der Waals surface area contributed by atoms with Crippen LogP contribution >= 0.6 is 18.0 Å². The van der Waals surface area contributed by atoms with Gasteiger partial charge in [-0.25, -0.2) is 4.98 Å². The van der Waals surface area contributed by atoms with Crippen LogP contribution in [0.3, 0.4) is 0 Å². The molecule has 1 aromatic carbocycles. The smallest absolute Gasteiger partial charge is 0.270 e. The van der Waals surface area contributed by atoms with E-state index in [-0.39, 0.29) is 5.22 Å². The minimum Gasteiger partial charge on any atom is -0.431 e. The molecule has 0 amide bonds. The van der Waals surface area contributed by atoms with Crippen LogP contribution in [0.5, 0.6) is 0 Å². The van der Waals surface area contributed by atoms with E-state index in [0.29, 0.717) is 11.1 Å². The molecule has 1 aromatic heterocycles. The first-order valence-corrected chi connectivity index (χ1v) is 7.04. The van der Waals surface area contributed by atoms with Gasteiger partial charge in [0.15, 0.2) is 5.58 Å². The molecule has 14 heavy (non-hydrogen) atoms. The molecule has 0 atom stereocenters. The summed E-state index contributed by atoms with van der Waals surface area (Å²) in [7, 11) is 0. The summed E-state index contributed by atoms with van der Waals surface area (Å²) >= 11 is 0.760. The van der Waals surface area contributed by atoms with Gasteiger partial charge in [-0.1, -0.05) is 12.1 Å². The van der Waals surface area contributed by atoms with E-state index in [4.69, 9.17) is 15.4 Å². The van der Waals surface area contributed by atoms with Crippen molar-refractivity contribution in [3.05, 3.63) is 24.3 Å². The van der Waals surface area contributed by atoms with E-state index < -0.39 is 6.65 Å². The highest BCUT2D eigenvalue weighted by Crippen LogP contribution is 2.48. The second kappa shape index (κ2) is 3.40. The SMILES string of the molecule is NP(N)(=O)Sc1nc2ccccc2o1. The van der Waals surface area contributed by atoms with Gasteiger partial charge in [0, 0.05) is 11.4 Å². The molecular weight excluding hydrogens is 221 g/mol. The van der Waals surface area contributed by atoms with Crippen LogP contribution in [0.15, 0.2) is 33.9 Å². The van der Waals surface area contributed by atoms with Crippen LogP contribution in [0.25, 0.3) is 11.1 Å². The van der Waals surface area contributed by atoms with Crippen molar-refractivity contribution in [3.63, 3.8) is 0 Å². The van der Waals surface area contributed by atoms with Crippen molar-refractivity contribution < 1.29 is 8.98 Å². The molecule has 2 aromatic rings. The summed E-state index contributed by atoms with van der Waals surface area (Å²) in [4.78, 5) is 4.06. The average Bonchev–Trinajstić information content (AvgIpc) is 2.42. The molecular formula is C7H8N3O2PS. The van der Waals surface area contributed by atoms with Crippen molar-refractivity contribution in [2.45, 2.75) is 5.22 Å². The van der Waals surface area contributed by atoms with Gasteiger partial charge in [-0.2, -0.15) is 0 Å². The zero-order valence-electron chi connectivity index (χ0n) is 7.08. The maximum absolute atomic E-state index is 11.1. The Bertz CT molecular complexity index is 473. The Morgan fingerprint density at radius 2 is 2.07 bits per heavy atom. The second-order valence-corrected chi connectivity index (χ2v) is 6.77. The lowest BCUT2D eigenvalue weighted by atomic mass is 10.3. The zero-order valence-corrected chi connectivity index (χ0v) is 8.79. The number of benzene rings is 1. The number of nitrogens with zero attached hydrogens (tertiary/aromatic N) is 1. The second-order valence-electron chi connectivity index (χ2n) is 2.68. The Balaban J connectivity index is 2.41. The highest BCUT2D eigenvalue weighted by Gasteiger charge is 2.16. The van der Waals surface area contributed by atoms with Crippen LogP contribution in [0.2, 0.25) is 0 Å². The van der Waals surface area contributed by atoms with E-state index in [1.165, 1.54) is 0 Å². The summed E-state index contributed by atoms with van der Waals surface area (Å²) in [5.74, 6) is 0. The van der Waals surface area contributed by atoms with Crippen LogP contribution in [0.4, 0.5) is 0 Å². The van der Waals surface area contributed by atoms with Crippen LogP contribution < -0.4 is 11.0 Å². The maximum Gasteiger partial charge on any atom is 0.270 e. The minimum absolute atomic E-state index is 0.236. The molecule has 0 fully saturated rings. The fourth-order valence-corrected chi connectivity index (χ4v) is 2.49. The molecule has 0 saturated heterocycles. The van der Waals surface area contributed by atoms with Crippen molar-refractivity contribution >= 4 is 29.1 Å². The minimum atomic E-state index is -3.18. The molecule has 0 aliphatic carbocycles. The molecule has 0 radical (unpaired) electrons. The van der Waals surface area contributed by atoms with Gasteiger partial charge in [-0.15, -0.1) is 0 Å². The van der Waals surface area contributed by atoms with Gasteiger partial charge in [-0.05, 0) is 12.1 Å². The molecule has 0 aliphatic heterocycles. The molecule has 0 spiro atoms. The average molecular weight is 229 g/mol. The largest absolute Gasteiger partial charge is 0.431 e. The summed E-state index contributed by atoms with van der Waals surface area (Å²) in [5, 5.41) is 0.236. The number of para-hydroxylation sites is 2. The highest BCUT2D eigenvalue weighted by molar-refractivity contribution is 8.56. The van der Waals surface area contributed by atoms with Gasteiger partial charge in [0.25, 0.3) is 11.9 Å². The Morgan fingerprint density at radius 1 is 1.36 bits per heavy atom.